The summed E-state index contributed by atoms with van der Waals surface area (Å²) < 4.78 is 5.10. The summed E-state index contributed by atoms with van der Waals surface area (Å²) in [6.07, 6.45) is 0. The highest BCUT2D eigenvalue weighted by molar-refractivity contribution is 9.09. The zero-order valence-corrected chi connectivity index (χ0v) is 19.4. The molecule has 0 saturated heterocycles. The number of nitrogens with zero attached hydrogens (tertiary/aromatic N) is 1. The van der Waals surface area contributed by atoms with E-state index in [0.717, 1.165) is 0 Å². The maximum absolute atomic E-state index is 12.4. The molecule has 0 spiro atoms. The molecule has 0 aliphatic heterocycles. The van der Waals surface area contributed by atoms with E-state index in [1.807, 2.05) is 0 Å². The van der Waals surface area contributed by atoms with E-state index in [0.29, 0.717) is 0 Å². The normalized spacial score (nSPS) is 10.1. The van der Waals surface area contributed by atoms with Gasteiger partial charge in [0.2, 0.25) is 29.5 Å². The monoisotopic (exact) mass is 533 g/mol. The highest BCUT2D eigenvalue weighted by Crippen LogP contribution is 1.90. The Kier molecular flexibility index (Phi) is 17.2. The van der Waals surface area contributed by atoms with Crippen LogP contribution in [0.3, 0.4) is 0 Å². The summed E-state index contributed by atoms with van der Waals surface area (Å²) in [4.78, 5) is 58.9. The minimum atomic E-state index is -0.499. The largest absolute Gasteiger partial charge is 0.370 e. The van der Waals surface area contributed by atoms with E-state index in [-0.39, 0.29) is 87.3 Å². The number of hydrogen-bond donors (Lipinski definition) is 4. The zero-order chi connectivity index (χ0) is 22.8. The van der Waals surface area contributed by atoms with Crippen molar-refractivity contribution in [3.05, 3.63) is 0 Å². The summed E-state index contributed by atoms with van der Waals surface area (Å²) in [5.74, 6) is -2.26. The molecule has 0 bridgehead atoms. The number of hydrogen-bond acceptors (Lipinski definition) is 6. The van der Waals surface area contributed by atoms with Crippen molar-refractivity contribution in [2.45, 2.75) is 0 Å². The molecule has 14 heteroatoms. The molecule has 11 nitrogen and oxygen atoms in total. The van der Waals surface area contributed by atoms with Crippen LogP contribution in [-0.2, 0) is 28.7 Å². The molecular formula is C16H26BrCl2N5O6. The second-order valence-electron chi connectivity index (χ2n) is 5.66. The Morgan fingerprint density at radius 1 is 0.767 bits per heavy atom. The minimum Gasteiger partial charge on any atom is -0.370 e. The average molecular weight is 535 g/mol. The molecule has 0 radical (unpaired) electrons. The fourth-order valence-electron chi connectivity index (χ4n) is 1.93. The number of nitrogens with one attached hydrogen (secondary N) is 4. The molecule has 0 saturated carbocycles. The van der Waals surface area contributed by atoms with Crippen molar-refractivity contribution in [1.29, 1.82) is 0 Å². The van der Waals surface area contributed by atoms with Gasteiger partial charge in [0.1, 0.15) is 18.4 Å². The lowest BCUT2D eigenvalue weighted by atomic mass is 10.4. The molecule has 0 rings (SSSR count). The van der Waals surface area contributed by atoms with Crippen molar-refractivity contribution in [3.63, 3.8) is 0 Å². The van der Waals surface area contributed by atoms with Crippen LogP contribution in [0.2, 0.25) is 0 Å². The Labute approximate surface area is 193 Å². The maximum atomic E-state index is 12.4. The van der Waals surface area contributed by atoms with Crippen molar-refractivity contribution >= 4 is 68.7 Å². The molecule has 0 heterocycles. The highest BCUT2D eigenvalue weighted by Gasteiger charge is 2.15. The second-order valence-corrected chi connectivity index (χ2v) is 6.76. The number of alkyl halides is 3. The zero-order valence-electron chi connectivity index (χ0n) is 16.3. The maximum Gasteiger partial charge on any atom is 0.246 e. The molecule has 0 aliphatic carbocycles. The van der Waals surface area contributed by atoms with E-state index in [4.69, 9.17) is 27.9 Å². The molecule has 0 fully saturated rings. The van der Waals surface area contributed by atoms with E-state index < -0.39 is 11.8 Å². The van der Waals surface area contributed by atoms with E-state index in [9.17, 15) is 24.0 Å². The third kappa shape index (κ3) is 15.2. The molecule has 0 atom stereocenters. The molecule has 0 aliphatic rings. The summed E-state index contributed by atoms with van der Waals surface area (Å²) in [5, 5.41) is 10.2. The summed E-state index contributed by atoms with van der Waals surface area (Å²) in [7, 11) is 0. The second kappa shape index (κ2) is 18.2. The third-order valence-corrected chi connectivity index (χ3v) is 4.36. The Hall–Kier alpha value is -1.63. The lowest BCUT2D eigenvalue weighted by Crippen LogP contribution is -2.47. The van der Waals surface area contributed by atoms with Gasteiger partial charge in [0.25, 0.3) is 0 Å². The third-order valence-electron chi connectivity index (χ3n) is 3.36. The molecule has 5 amide bonds. The van der Waals surface area contributed by atoms with E-state index in [2.05, 4.69) is 37.2 Å². The molecule has 0 aromatic carbocycles. The van der Waals surface area contributed by atoms with Crippen LogP contribution in [0.15, 0.2) is 0 Å². The van der Waals surface area contributed by atoms with Gasteiger partial charge in [-0.3, -0.25) is 24.0 Å². The van der Waals surface area contributed by atoms with Crippen molar-refractivity contribution < 1.29 is 28.7 Å². The van der Waals surface area contributed by atoms with Crippen molar-refractivity contribution in [2.75, 3.05) is 69.6 Å². The van der Waals surface area contributed by atoms with Gasteiger partial charge in [-0.15, -0.1) is 23.2 Å². The highest BCUT2D eigenvalue weighted by atomic mass is 79.9. The van der Waals surface area contributed by atoms with Crippen molar-refractivity contribution in [2.24, 2.45) is 0 Å². The van der Waals surface area contributed by atoms with Crippen LogP contribution in [0.25, 0.3) is 0 Å². The van der Waals surface area contributed by atoms with Crippen LogP contribution in [0.1, 0.15) is 0 Å². The first-order valence-corrected chi connectivity index (χ1v) is 11.1. The lowest BCUT2D eigenvalue weighted by molar-refractivity contribution is -0.134. The van der Waals surface area contributed by atoms with Gasteiger partial charge in [0.15, 0.2) is 0 Å². The van der Waals surface area contributed by atoms with Crippen LogP contribution >= 0.6 is 39.1 Å². The summed E-state index contributed by atoms with van der Waals surface area (Å²) in [6, 6.07) is 0. The Balaban J connectivity index is 4.31. The number of rotatable bonds is 16. The molecule has 30 heavy (non-hydrogen) atoms. The molecule has 0 unspecified atom stereocenters. The van der Waals surface area contributed by atoms with Gasteiger partial charge >= 0.3 is 0 Å². The average Bonchev–Trinajstić information content (AvgIpc) is 2.75. The fourth-order valence-corrected chi connectivity index (χ4v) is 2.32. The molecule has 0 aromatic heterocycles. The summed E-state index contributed by atoms with van der Waals surface area (Å²) >= 11 is 13.8. The van der Waals surface area contributed by atoms with Gasteiger partial charge in [-0.05, 0) is 0 Å². The molecule has 4 N–H and O–H groups in total. The van der Waals surface area contributed by atoms with Crippen LogP contribution in [0.5, 0.6) is 0 Å². The van der Waals surface area contributed by atoms with Gasteiger partial charge in [-0.1, -0.05) is 15.9 Å². The number of ether oxygens (including phenoxy) is 1. The standard InChI is InChI=1S/C16H26BrCl2N5O6/c17-7-12(25)22-3-6-30-11-15(28)23-10-16(29)24(4-1-20-13(26)8-18)5-2-21-14(27)9-19/h1-11H2,(H,20,26)(H,21,27)(H,22,25)(H,23,28). The topological polar surface area (TPSA) is 146 Å². The Morgan fingerprint density at radius 2 is 1.30 bits per heavy atom. The van der Waals surface area contributed by atoms with Gasteiger partial charge in [-0.25, -0.2) is 0 Å². The Morgan fingerprint density at radius 3 is 1.80 bits per heavy atom. The fraction of sp³-hybridized carbons (Fsp3) is 0.688. The predicted molar refractivity (Wildman–Crippen MR) is 115 cm³/mol. The first-order valence-electron chi connectivity index (χ1n) is 8.94. The van der Waals surface area contributed by atoms with Gasteiger partial charge < -0.3 is 30.9 Å². The SMILES string of the molecule is O=C(CCl)NCCN(CCNC(=O)CCl)C(=O)CNC(=O)COCCNC(=O)CBr. The first-order chi connectivity index (χ1) is 14.3. The van der Waals surface area contributed by atoms with Crippen LogP contribution in [0, 0.1) is 0 Å². The predicted octanol–water partition coefficient (Wildman–Crippen LogP) is -1.83. The summed E-state index contributed by atoms with van der Waals surface area (Å²) in [5.41, 5.74) is 0. The van der Waals surface area contributed by atoms with Gasteiger partial charge in [0, 0.05) is 32.7 Å². The Bertz CT molecular complexity index is 562. The van der Waals surface area contributed by atoms with Crippen LogP contribution in [-0.4, -0.2) is 104 Å². The summed E-state index contributed by atoms with van der Waals surface area (Å²) in [6.45, 7) is 0.509. The first kappa shape index (κ1) is 28.4. The van der Waals surface area contributed by atoms with Crippen molar-refractivity contribution in [1.82, 2.24) is 26.2 Å². The van der Waals surface area contributed by atoms with Crippen molar-refractivity contribution in [3.8, 4) is 0 Å². The number of carbonyl (C=O) groups is 5. The quantitative estimate of drug-likeness (QED) is 0.135. The number of halogens is 3. The van der Waals surface area contributed by atoms with E-state index in [1.165, 1.54) is 4.90 Å². The number of amides is 5. The van der Waals surface area contributed by atoms with Gasteiger partial charge in [0.05, 0.1) is 18.5 Å². The van der Waals surface area contributed by atoms with E-state index in [1.54, 1.807) is 0 Å². The van der Waals surface area contributed by atoms with Crippen LogP contribution in [0.4, 0.5) is 0 Å². The molecule has 0 aromatic rings. The van der Waals surface area contributed by atoms with Crippen LogP contribution < -0.4 is 21.3 Å². The number of carbonyl (C=O) groups excluding carboxylic acids is 5. The smallest absolute Gasteiger partial charge is 0.246 e. The minimum absolute atomic E-state index is 0.146. The lowest BCUT2D eigenvalue weighted by Gasteiger charge is -2.23. The van der Waals surface area contributed by atoms with Gasteiger partial charge in [-0.2, -0.15) is 0 Å². The molecule has 172 valence electrons. The molecular weight excluding hydrogens is 509 g/mol. The van der Waals surface area contributed by atoms with E-state index >= 15 is 0 Å².